The van der Waals surface area contributed by atoms with Crippen LogP contribution in [0.15, 0.2) is 30.3 Å². The van der Waals surface area contributed by atoms with Crippen molar-refractivity contribution in [2.75, 3.05) is 25.2 Å². The number of carboxylic acid groups (broad SMARTS) is 1. The summed E-state index contributed by atoms with van der Waals surface area (Å²) in [5.41, 5.74) is 1.06. The molecule has 0 radical (unpaired) electrons. The fourth-order valence-corrected chi connectivity index (χ4v) is 1.88. The van der Waals surface area contributed by atoms with Gasteiger partial charge in [0.1, 0.15) is 0 Å². The number of hydrogen-bond acceptors (Lipinski definition) is 3. The van der Waals surface area contributed by atoms with Crippen LogP contribution in [0.25, 0.3) is 0 Å². The van der Waals surface area contributed by atoms with Gasteiger partial charge in [0.15, 0.2) is 0 Å². The standard InChI is InChI=1S/C14H21NO3/c1-12(9-11-18-2)15(10-8-14(16)17)13-6-4-3-5-7-13/h3-7,12H,8-11H2,1-2H3,(H,16,17). The van der Waals surface area contributed by atoms with Crippen LogP contribution in [-0.2, 0) is 9.53 Å². The predicted octanol–water partition coefficient (Wildman–Crippen LogP) is 2.39. The molecule has 0 saturated heterocycles. The van der Waals surface area contributed by atoms with Crippen LogP contribution in [0.4, 0.5) is 5.69 Å². The van der Waals surface area contributed by atoms with Crippen molar-refractivity contribution in [1.82, 2.24) is 0 Å². The summed E-state index contributed by atoms with van der Waals surface area (Å²) in [6.45, 7) is 3.29. The van der Waals surface area contributed by atoms with Crippen LogP contribution >= 0.6 is 0 Å². The van der Waals surface area contributed by atoms with Gasteiger partial charge in [0.25, 0.3) is 0 Å². The number of carboxylic acids is 1. The third-order valence-corrected chi connectivity index (χ3v) is 2.93. The number of anilines is 1. The predicted molar refractivity (Wildman–Crippen MR) is 72.0 cm³/mol. The summed E-state index contributed by atoms with van der Waals surface area (Å²) >= 11 is 0. The number of aliphatic carboxylic acids is 1. The number of hydrogen-bond donors (Lipinski definition) is 1. The molecule has 1 unspecified atom stereocenters. The zero-order valence-corrected chi connectivity index (χ0v) is 11.0. The monoisotopic (exact) mass is 251 g/mol. The molecule has 18 heavy (non-hydrogen) atoms. The van der Waals surface area contributed by atoms with E-state index in [2.05, 4.69) is 11.8 Å². The Kier molecular flexibility index (Phi) is 6.22. The molecule has 1 N–H and O–H groups in total. The smallest absolute Gasteiger partial charge is 0.305 e. The van der Waals surface area contributed by atoms with Crippen molar-refractivity contribution < 1.29 is 14.6 Å². The van der Waals surface area contributed by atoms with Gasteiger partial charge in [-0.05, 0) is 25.5 Å². The lowest BCUT2D eigenvalue weighted by molar-refractivity contribution is -0.136. The van der Waals surface area contributed by atoms with E-state index in [-0.39, 0.29) is 12.5 Å². The highest BCUT2D eigenvalue weighted by Gasteiger charge is 2.15. The summed E-state index contributed by atoms with van der Waals surface area (Å²) in [5, 5.41) is 8.82. The van der Waals surface area contributed by atoms with Gasteiger partial charge in [-0.2, -0.15) is 0 Å². The largest absolute Gasteiger partial charge is 0.481 e. The molecule has 1 rings (SSSR count). The molecule has 0 aliphatic rings. The maximum atomic E-state index is 10.7. The van der Waals surface area contributed by atoms with Crippen molar-refractivity contribution in [1.29, 1.82) is 0 Å². The molecular formula is C14H21NO3. The van der Waals surface area contributed by atoms with Crippen molar-refractivity contribution in [3.63, 3.8) is 0 Å². The van der Waals surface area contributed by atoms with E-state index in [0.29, 0.717) is 13.2 Å². The van der Waals surface area contributed by atoms with Crippen LogP contribution in [0.3, 0.4) is 0 Å². The average Bonchev–Trinajstić information content (AvgIpc) is 2.37. The summed E-state index contributed by atoms with van der Waals surface area (Å²) in [6, 6.07) is 10.2. The highest BCUT2D eigenvalue weighted by atomic mass is 16.5. The molecule has 1 aromatic carbocycles. The zero-order valence-electron chi connectivity index (χ0n) is 11.0. The highest BCUT2D eigenvalue weighted by molar-refractivity contribution is 5.67. The van der Waals surface area contributed by atoms with Crippen LogP contribution in [0, 0.1) is 0 Å². The molecule has 0 amide bonds. The SMILES string of the molecule is COCCC(C)N(CCC(=O)O)c1ccccc1. The fourth-order valence-electron chi connectivity index (χ4n) is 1.88. The Morgan fingerprint density at radius 3 is 2.61 bits per heavy atom. The number of benzene rings is 1. The molecule has 0 heterocycles. The first-order valence-corrected chi connectivity index (χ1v) is 6.17. The normalized spacial score (nSPS) is 12.1. The number of ether oxygens (including phenoxy) is 1. The van der Waals surface area contributed by atoms with Crippen molar-refractivity contribution >= 4 is 11.7 Å². The average molecular weight is 251 g/mol. The van der Waals surface area contributed by atoms with Crippen molar-refractivity contribution in [3.8, 4) is 0 Å². The molecule has 0 saturated carbocycles. The summed E-state index contributed by atoms with van der Waals surface area (Å²) in [7, 11) is 1.68. The van der Waals surface area contributed by atoms with E-state index in [4.69, 9.17) is 9.84 Å². The second-order valence-corrected chi connectivity index (χ2v) is 4.30. The maximum Gasteiger partial charge on any atom is 0.305 e. The maximum absolute atomic E-state index is 10.7. The second-order valence-electron chi connectivity index (χ2n) is 4.30. The van der Waals surface area contributed by atoms with Gasteiger partial charge >= 0.3 is 5.97 Å². The van der Waals surface area contributed by atoms with E-state index in [0.717, 1.165) is 12.1 Å². The minimum absolute atomic E-state index is 0.145. The Bertz CT molecular complexity index is 353. The molecule has 1 atom stereocenters. The Hall–Kier alpha value is -1.55. The van der Waals surface area contributed by atoms with E-state index < -0.39 is 5.97 Å². The van der Waals surface area contributed by atoms with Crippen LogP contribution in [-0.4, -0.2) is 37.4 Å². The molecule has 1 aromatic rings. The quantitative estimate of drug-likeness (QED) is 0.770. The summed E-state index contributed by atoms with van der Waals surface area (Å²) in [6.07, 6.45) is 1.03. The lowest BCUT2D eigenvalue weighted by Crippen LogP contribution is -2.35. The van der Waals surface area contributed by atoms with Gasteiger partial charge in [0.2, 0.25) is 0 Å². The van der Waals surface area contributed by atoms with Crippen LogP contribution in [0.5, 0.6) is 0 Å². The topological polar surface area (TPSA) is 49.8 Å². The van der Waals surface area contributed by atoms with Crippen molar-refractivity contribution in [2.45, 2.75) is 25.8 Å². The van der Waals surface area contributed by atoms with Gasteiger partial charge in [-0.1, -0.05) is 18.2 Å². The van der Waals surface area contributed by atoms with Gasteiger partial charge in [0.05, 0.1) is 6.42 Å². The summed E-state index contributed by atoms with van der Waals surface area (Å²) in [5.74, 6) is -0.769. The van der Waals surface area contributed by atoms with Gasteiger partial charge in [-0.15, -0.1) is 0 Å². The Morgan fingerprint density at radius 1 is 1.39 bits per heavy atom. The molecule has 0 fully saturated rings. The molecule has 4 heteroatoms. The van der Waals surface area contributed by atoms with Gasteiger partial charge in [-0.3, -0.25) is 4.79 Å². The molecule has 0 aliphatic heterocycles. The van der Waals surface area contributed by atoms with Crippen LogP contribution in [0.2, 0.25) is 0 Å². The Balaban J connectivity index is 2.71. The highest BCUT2D eigenvalue weighted by Crippen LogP contribution is 2.18. The molecule has 0 bridgehead atoms. The van der Waals surface area contributed by atoms with Gasteiger partial charge in [-0.25, -0.2) is 0 Å². The number of carbonyl (C=O) groups is 1. The fraction of sp³-hybridized carbons (Fsp3) is 0.500. The first-order chi connectivity index (χ1) is 8.65. The Labute approximate surface area is 108 Å². The first kappa shape index (κ1) is 14.5. The van der Waals surface area contributed by atoms with E-state index in [1.54, 1.807) is 7.11 Å². The number of methoxy groups -OCH3 is 1. The molecule has 100 valence electrons. The van der Waals surface area contributed by atoms with E-state index in [1.165, 1.54) is 0 Å². The summed E-state index contributed by atoms with van der Waals surface area (Å²) in [4.78, 5) is 12.8. The minimum Gasteiger partial charge on any atom is -0.481 e. The van der Waals surface area contributed by atoms with Crippen molar-refractivity contribution in [3.05, 3.63) is 30.3 Å². The third-order valence-electron chi connectivity index (χ3n) is 2.93. The van der Waals surface area contributed by atoms with Crippen LogP contribution < -0.4 is 4.90 Å². The lowest BCUT2D eigenvalue weighted by Gasteiger charge is -2.31. The van der Waals surface area contributed by atoms with E-state index >= 15 is 0 Å². The van der Waals surface area contributed by atoms with Gasteiger partial charge in [0, 0.05) is 32.0 Å². The van der Waals surface area contributed by atoms with E-state index in [9.17, 15) is 4.79 Å². The first-order valence-electron chi connectivity index (χ1n) is 6.17. The molecule has 0 aromatic heterocycles. The third kappa shape index (κ3) is 4.75. The lowest BCUT2D eigenvalue weighted by atomic mass is 10.1. The number of nitrogens with zero attached hydrogens (tertiary/aromatic N) is 1. The molecule has 0 spiro atoms. The molecular weight excluding hydrogens is 230 g/mol. The minimum atomic E-state index is -0.769. The molecule has 4 nitrogen and oxygen atoms in total. The zero-order chi connectivity index (χ0) is 13.4. The van der Waals surface area contributed by atoms with E-state index in [1.807, 2.05) is 30.3 Å². The summed E-state index contributed by atoms with van der Waals surface area (Å²) < 4.78 is 5.08. The molecule has 0 aliphatic carbocycles. The number of rotatable bonds is 8. The van der Waals surface area contributed by atoms with Crippen LogP contribution in [0.1, 0.15) is 19.8 Å². The van der Waals surface area contributed by atoms with Gasteiger partial charge < -0.3 is 14.7 Å². The second kappa shape index (κ2) is 7.71. The Morgan fingerprint density at radius 2 is 2.06 bits per heavy atom. The van der Waals surface area contributed by atoms with Crippen molar-refractivity contribution in [2.24, 2.45) is 0 Å². The number of para-hydroxylation sites is 1.